The zero-order valence-corrected chi connectivity index (χ0v) is 13.5. The summed E-state index contributed by atoms with van der Waals surface area (Å²) < 4.78 is 0. The average molecular weight is 298 g/mol. The third-order valence-corrected chi connectivity index (χ3v) is 4.72. The molecule has 0 heterocycles. The van der Waals surface area contributed by atoms with Crippen molar-refractivity contribution in [1.29, 1.82) is 0 Å². The third kappa shape index (κ3) is 2.61. The highest BCUT2D eigenvalue weighted by atomic mass is 14.4. The molecule has 0 aliphatic rings. The summed E-state index contributed by atoms with van der Waals surface area (Å²) >= 11 is 0. The van der Waals surface area contributed by atoms with Crippen LogP contribution in [0.2, 0.25) is 0 Å². The highest BCUT2D eigenvalue weighted by molar-refractivity contribution is 5.52. The minimum Gasteiger partial charge on any atom is -0.103 e. The Balaban J connectivity index is 2.38. The Labute approximate surface area is 139 Å². The Morgan fingerprint density at radius 3 is 1.22 bits per heavy atom. The van der Waals surface area contributed by atoms with Gasteiger partial charge in [-0.2, -0.15) is 0 Å². The lowest BCUT2D eigenvalue weighted by Gasteiger charge is -2.40. The van der Waals surface area contributed by atoms with E-state index in [1.54, 1.807) is 0 Å². The molecule has 3 aromatic rings. The maximum Gasteiger partial charge on any atom is 0.0510 e. The van der Waals surface area contributed by atoms with Crippen LogP contribution in [0.5, 0.6) is 0 Å². The van der Waals surface area contributed by atoms with Crippen LogP contribution in [-0.4, -0.2) is 0 Å². The Bertz CT molecular complexity index is 645. The number of allylic oxidation sites excluding steroid dienone is 1. The largest absolute Gasteiger partial charge is 0.103 e. The van der Waals surface area contributed by atoms with Crippen LogP contribution in [-0.2, 0) is 5.41 Å². The van der Waals surface area contributed by atoms with Gasteiger partial charge in [0.15, 0.2) is 0 Å². The van der Waals surface area contributed by atoms with E-state index in [1.165, 1.54) is 16.7 Å². The molecule has 0 nitrogen and oxygen atoms in total. The molecule has 0 amide bonds. The maximum atomic E-state index is 4.10. The first-order valence-electron chi connectivity index (χ1n) is 8.09. The van der Waals surface area contributed by atoms with Crippen molar-refractivity contribution in [2.45, 2.75) is 12.3 Å². The van der Waals surface area contributed by atoms with Crippen LogP contribution in [0, 0.1) is 5.92 Å². The second kappa shape index (κ2) is 6.66. The fraction of sp³-hybridized carbons (Fsp3) is 0.130. The topological polar surface area (TPSA) is 0 Å². The summed E-state index contributed by atoms with van der Waals surface area (Å²) in [6.45, 7) is 6.35. The molecule has 23 heavy (non-hydrogen) atoms. The van der Waals surface area contributed by atoms with E-state index in [-0.39, 0.29) is 11.3 Å². The molecule has 0 saturated carbocycles. The van der Waals surface area contributed by atoms with Gasteiger partial charge in [0.2, 0.25) is 0 Å². The van der Waals surface area contributed by atoms with Crippen molar-refractivity contribution in [3.05, 3.63) is 120 Å². The van der Waals surface area contributed by atoms with Gasteiger partial charge in [-0.15, -0.1) is 6.58 Å². The minimum absolute atomic E-state index is 0.231. The van der Waals surface area contributed by atoms with Gasteiger partial charge in [-0.3, -0.25) is 0 Å². The summed E-state index contributed by atoms with van der Waals surface area (Å²) in [6.07, 6.45) is 2.06. The molecule has 3 aromatic carbocycles. The second-order valence-electron chi connectivity index (χ2n) is 5.93. The molecule has 1 unspecified atom stereocenters. The van der Waals surface area contributed by atoms with Crippen LogP contribution in [0.25, 0.3) is 0 Å². The first kappa shape index (κ1) is 15.3. The van der Waals surface area contributed by atoms with E-state index in [2.05, 4.69) is 111 Å². The smallest absolute Gasteiger partial charge is 0.0510 e. The van der Waals surface area contributed by atoms with Gasteiger partial charge in [-0.1, -0.05) is 104 Å². The SMILES string of the molecule is C=CC(C)C(c1ccccc1)(c1ccccc1)c1ccccc1. The third-order valence-electron chi connectivity index (χ3n) is 4.72. The van der Waals surface area contributed by atoms with Gasteiger partial charge in [-0.25, -0.2) is 0 Å². The summed E-state index contributed by atoms with van der Waals surface area (Å²) in [5, 5.41) is 0. The van der Waals surface area contributed by atoms with Crippen molar-refractivity contribution in [2.24, 2.45) is 5.92 Å². The van der Waals surface area contributed by atoms with E-state index in [4.69, 9.17) is 0 Å². The molecule has 0 aliphatic carbocycles. The normalized spacial score (nSPS) is 12.6. The van der Waals surface area contributed by atoms with Gasteiger partial charge in [-0.05, 0) is 22.6 Å². The van der Waals surface area contributed by atoms with E-state index >= 15 is 0 Å². The lowest BCUT2D eigenvalue weighted by atomic mass is 9.62. The average Bonchev–Trinajstić information content (AvgIpc) is 2.65. The van der Waals surface area contributed by atoms with E-state index in [0.717, 1.165) is 0 Å². The molecule has 0 saturated heterocycles. The van der Waals surface area contributed by atoms with Gasteiger partial charge >= 0.3 is 0 Å². The van der Waals surface area contributed by atoms with Gasteiger partial charge in [0.1, 0.15) is 0 Å². The molecule has 0 spiro atoms. The Kier molecular flexibility index (Phi) is 4.43. The maximum absolute atomic E-state index is 4.10. The quantitative estimate of drug-likeness (QED) is 0.410. The van der Waals surface area contributed by atoms with Crippen molar-refractivity contribution in [2.75, 3.05) is 0 Å². The lowest BCUT2D eigenvalue weighted by molar-refractivity contribution is 0.482. The highest BCUT2D eigenvalue weighted by Gasteiger charge is 2.39. The highest BCUT2D eigenvalue weighted by Crippen LogP contribution is 2.45. The molecule has 0 fully saturated rings. The van der Waals surface area contributed by atoms with Crippen molar-refractivity contribution in [3.8, 4) is 0 Å². The van der Waals surface area contributed by atoms with Crippen LogP contribution >= 0.6 is 0 Å². The molecular formula is C23H22. The first-order chi connectivity index (χ1) is 11.3. The molecule has 1 atom stereocenters. The Morgan fingerprint density at radius 1 is 0.652 bits per heavy atom. The molecule has 0 aliphatic heterocycles. The monoisotopic (exact) mass is 298 g/mol. The van der Waals surface area contributed by atoms with Crippen LogP contribution in [0.1, 0.15) is 23.6 Å². The summed E-state index contributed by atoms with van der Waals surface area (Å²) in [5.41, 5.74) is 3.66. The molecule has 0 bridgehead atoms. The molecule has 0 heteroatoms. The summed E-state index contributed by atoms with van der Waals surface area (Å²) in [5.74, 6) is 0.259. The van der Waals surface area contributed by atoms with E-state index in [1.807, 2.05) is 0 Å². The fourth-order valence-corrected chi connectivity index (χ4v) is 3.57. The van der Waals surface area contributed by atoms with Crippen LogP contribution < -0.4 is 0 Å². The van der Waals surface area contributed by atoms with Crippen LogP contribution in [0.3, 0.4) is 0 Å². The number of hydrogen-bond donors (Lipinski definition) is 0. The predicted molar refractivity (Wildman–Crippen MR) is 98.6 cm³/mol. The molecule has 3 rings (SSSR count). The Hall–Kier alpha value is -2.60. The van der Waals surface area contributed by atoms with Crippen molar-refractivity contribution >= 4 is 0 Å². The number of rotatable bonds is 5. The van der Waals surface area contributed by atoms with Crippen LogP contribution in [0.15, 0.2) is 104 Å². The minimum atomic E-state index is -0.231. The van der Waals surface area contributed by atoms with Gasteiger partial charge in [0.25, 0.3) is 0 Å². The van der Waals surface area contributed by atoms with E-state index < -0.39 is 0 Å². The zero-order valence-electron chi connectivity index (χ0n) is 13.5. The van der Waals surface area contributed by atoms with E-state index in [0.29, 0.717) is 0 Å². The zero-order chi connectivity index (χ0) is 16.1. The molecule has 0 N–H and O–H groups in total. The van der Waals surface area contributed by atoms with E-state index in [9.17, 15) is 0 Å². The fourth-order valence-electron chi connectivity index (χ4n) is 3.57. The number of benzene rings is 3. The number of hydrogen-bond acceptors (Lipinski definition) is 0. The first-order valence-corrected chi connectivity index (χ1v) is 8.09. The lowest BCUT2D eigenvalue weighted by Crippen LogP contribution is -2.35. The van der Waals surface area contributed by atoms with Gasteiger partial charge in [0.05, 0.1) is 5.41 Å². The van der Waals surface area contributed by atoms with Gasteiger partial charge < -0.3 is 0 Å². The molecule has 0 aromatic heterocycles. The van der Waals surface area contributed by atoms with Crippen molar-refractivity contribution in [1.82, 2.24) is 0 Å². The van der Waals surface area contributed by atoms with Gasteiger partial charge in [0, 0.05) is 0 Å². The standard InChI is InChI=1S/C23H22/c1-3-19(2)23(20-13-7-4-8-14-20,21-15-9-5-10-16-21)22-17-11-6-12-18-22/h3-19H,1H2,2H3. The van der Waals surface area contributed by atoms with Crippen LogP contribution in [0.4, 0.5) is 0 Å². The summed E-state index contributed by atoms with van der Waals surface area (Å²) in [7, 11) is 0. The summed E-state index contributed by atoms with van der Waals surface area (Å²) in [6, 6.07) is 32.3. The molecular weight excluding hydrogens is 276 g/mol. The van der Waals surface area contributed by atoms with Crippen molar-refractivity contribution < 1.29 is 0 Å². The van der Waals surface area contributed by atoms with Crippen molar-refractivity contribution in [3.63, 3.8) is 0 Å². The second-order valence-corrected chi connectivity index (χ2v) is 5.93. The molecule has 114 valence electrons. The summed E-state index contributed by atoms with van der Waals surface area (Å²) in [4.78, 5) is 0. The molecule has 0 radical (unpaired) electrons. The Morgan fingerprint density at radius 2 is 0.957 bits per heavy atom. The predicted octanol–water partition coefficient (Wildman–Crippen LogP) is 5.84.